The van der Waals surface area contributed by atoms with Gasteiger partial charge in [0, 0.05) is 48.6 Å². The summed E-state index contributed by atoms with van der Waals surface area (Å²) in [5.41, 5.74) is 2.75. The molecule has 0 spiro atoms. The van der Waals surface area contributed by atoms with Crippen LogP contribution in [-0.2, 0) is 15.0 Å². The molecule has 5 heterocycles. The average molecular weight is 705 g/mol. The Balaban J connectivity index is 1.47. The molecule has 4 nitrogen and oxygen atoms in total. The monoisotopic (exact) mass is 704 g/mol. The zero-order valence-corrected chi connectivity index (χ0v) is 33.4. The Morgan fingerprint density at radius 2 is 1.12 bits per heavy atom. The van der Waals surface area contributed by atoms with E-state index < -0.39 is 0 Å². The van der Waals surface area contributed by atoms with Gasteiger partial charge in [-0.2, -0.15) is 0 Å². The highest BCUT2D eigenvalue weighted by molar-refractivity contribution is 7.26. The third kappa shape index (κ3) is 7.79. The first-order chi connectivity index (χ1) is 22.6. The molecular formula is C41H56N2O2S3. The fourth-order valence-electron chi connectivity index (χ4n) is 6.90. The molecule has 0 bridgehead atoms. The maximum absolute atomic E-state index is 14.6. The van der Waals surface area contributed by atoms with E-state index in [0.717, 1.165) is 22.7 Å². The smallest absolute Gasteiger partial charge is 0.261 e. The van der Waals surface area contributed by atoms with Gasteiger partial charge in [0.2, 0.25) is 0 Å². The molecule has 7 heteroatoms. The van der Waals surface area contributed by atoms with Gasteiger partial charge in [0.25, 0.3) is 11.8 Å². The van der Waals surface area contributed by atoms with Crippen molar-refractivity contribution >= 4 is 51.5 Å². The Labute approximate surface area is 302 Å². The number of amides is 2. The van der Waals surface area contributed by atoms with Crippen molar-refractivity contribution in [3.63, 3.8) is 0 Å². The number of hydrogen-bond acceptors (Lipinski definition) is 5. The number of thiophene rings is 3. The minimum Gasteiger partial charge on any atom is -0.310 e. The second kappa shape index (κ2) is 14.8. The molecule has 2 aliphatic heterocycles. The summed E-state index contributed by atoms with van der Waals surface area (Å²) in [5.74, 6) is 0.625. The summed E-state index contributed by atoms with van der Waals surface area (Å²) < 4.78 is 0. The topological polar surface area (TPSA) is 40.6 Å². The van der Waals surface area contributed by atoms with Gasteiger partial charge in [-0.1, -0.05) is 108 Å². The van der Waals surface area contributed by atoms with Gasteiger partial charge in [-0.3, -0.25) is 9.59 Å². The second-order valence-corrected chi connectivity index (χ2v) is 19.6. The molecule has 260 valence electrons. The van der Waals surface area contributed by atoms with Gasteiger partial charge < -0.3 is 9.80 Å². The van der Waals surface area contributed by atoms with Gasteiger partial charge in [0.15, 0.2) is 0 Å². The fourth-order valence-corrected chi connectivity index (χ4v) is 10.2. The minimum absolute atomic E-state index is 0.0000321. The fraction of sp³-hybridized carbons (Fsp3) is 0.561. The normalized spacial score (nSPS) is 16.4. The Morgan fingerprint density at radius 3 is 1.69 bits per heavy atom. The van der Waals surface area contributed by atoms with Crippen molar-refractivity contribution in [3.8, 4) is 19.5 Å². The van der Waals surface area contributed by atoms with Crippen molar-refractivity contribution in [2.24, 2.45) is 17.3 Å². The lowest BCUT2D eigenvalue weighted by molar-refractivity contribution is -0.125. The van der Waals surface area contributed by atoms with E-state index in [1.807, 2.05) is 32.5 Å². The van der Waals surface area contributed by atoms with E-state index in [4.69, 9.17) is 0 Å². The van der Waals surface area contributed by atoms with Crippen LogP contribution in [0.4, 0.5) is 0 Å². The van der Waals surface area contributed by atoms with Crippen molar-refractivity contribution in [1.29, 1.82) is 0 Å². The molecular weight excluding hydrogens is 649 g/mol. The van der Waals surface area contributed by atoms with Gasteiger partial charge in [0.05, 0.1) is 21.7 Å². The molecule has 1 atom stereocenters. The van der Waals surface area contributed by atoms with E-state index in [1.54, 1.807) is 11.3 Å². The van der Waals surface area contributed by atoms with Crippen LogP contribution >= 0.6 is 34.0 Å². The number of fused-ring (bicyclic) bond motifs is 1. The van der Waals surface area contributed by atoms with Crippen LogP contribution in [0.25, 0.3) is 25.2 Å². The van der Waals surface area contributed by atoms with E-state index in [-0.39, 0.29) is 28.6 Å². The van der Waals surface area contributed by atoms with Gasteiger partial charge in [-0.15, -0.1) is 34.0 Å². The number of nitrogens with zero attached hydrogens (tertiary/aromatic N) is 2. The summed E-state index contributed by atoms with van der Waals surface area (Å²) in [6.07, 6.45) is 8.72. The molecule has 0 N–H and O–H groups in total. The van der Waals surface area contributed by atoms with Crippen LogP contribution in [0.3, 0.4) is 0 Å². The molecule has 5 rings (SSSR count). The molecule has 0 aromatic carbocycles. The van der Waals surface area contributed by atoms with E-state index in [1.165, 1.54) is 62.9 Å². The quantitative estimate of drug-likeness (QED) is 0.157. The highest BCUT2D eigenvalue weighted by Crippen LogP contribution is 2.51. The third-order valence-corrected chi connectivity index (χ3v) is 13.3. The largest absolute Gasteiger partial charge is 0.310 e. The number of carbonyl (C=O) groups is 2. The van der Waals surface area contributed by atoms with Crippen LogP contribution < -0.4 is 0 Å². The SMILES string of the molecule is CCCCCCCCC(C)CN1C(=O)C2=C(c3ccc(-c4ccc(-c5ccc(C(C)(C)C)s5)s4)s3)N(CC(C)C)C(=O)C2=C1C(C)(C)C. The predicted molar refractivity (Wildman–Crippen MR) is 208 cm³/mol. The maximum atomic E-state index is 14.6. The zero-order chi connectivity index (χ0) is 35.0. The Morgan fingerprint density at radius 1 is 0.604 bits per heavy atom. The minimum atomic E-state index is -0.343. The summed E-state index contributed by atoms with van der Waals surface area (Å²) in [4.78, 5) is 40.2. The summed E-state index contributed by atoms with van der Waals surface area (Å²) in [6.45, 7) is 23.3. The van der Waals surface area contributed by atoms with Gasteiger partial charge in [0.1, 0.15) is 0 Å². The van der Waals surface area contributed by atoms with E-state index in [0.29, 0.717) is 30.2 Å². The van der Waals surface area contributed by atoms with Gasteiger partial charge in [-0.25, -0.2) is 0 Å². The van der Waals surface area contributed by atoms with E-state index in [2.05, 4.69) is 106 Å². The number of unbranched alkanes of at least 4 members (excludes halogenated alkanes) is 5. The van der Waals surface area contributed by atoms with Gasteiger partial charge >= 0.3 is 0 Å². The summed E-state index contributed by atoms with van der Waals surface area (Å²) in [5, 5.41) is 0. The molecule has 2 aliphatic rings. The Hall–Kier alpha value is -2.48. The van der Waals surface area contributed by atoms with E-state index in [9.17, 15) is 9.59 Å². The number of allylic oxidation sites excluding steroid dienone is 1. The summed E-state index contributed by atoms with van der Waals surface area (Å²) in [7, 11) is 0. The summed E-state index contributed by atoms with van der Waals surface area (Å²) >= 11 is 5.38. The molecule has 0 saturated carbocycles. The molecule has 2 amide bonds. The molecule has 1 unspecified atom stereocenters. The molecule has 0 aliphatic carbocycles. The first-order valence-corrected chi connectivity index (χ1v) is 20.5. The second-order valence-electron chi connectivity index (χ2n) is 16.3. The molecule has 3 aromatic rings. The Kier molecular flexibility index (Phi) is 11.3. The molecule has 0 saturated heterocycles. The molecule has 0 radical (unpaired) electrons. The van der Waals surface area contributed by atoms with Crippen LogP contribution in [0.2, 0.25) is 0 Å². The highest BCUT2D eigenvalue weighted by Gasteiger charge is 2.51. The van der Waals surface area contributed by atoms with Crippen LogP contribution in [0.15, 0.2) is 53.2 Å². The van der Waals surface area contributed by atoms with Crippen LogP contribution in [0, 0.1) is 17.3 Å². The molecule has 48 heavy (non-hydrogen) atoms. The van der Waals surface area contributed by atoms with Crippen molar-refractivity contribution in [1.82, 2.24) is 9.80 Å². The lowest BCUT2D eigenvalue weighted by Gasteiger charge is -2.33. The molecule has 3 aromatic heterocycles. The van der Waals surface area contributed by atoms with E-state index >= 15 is 0 Å². The highest BCUT2D eigenvalue weighted by atomic mass is 32.1. The lowest BCUT2D eigenvalue weighted by Crippen LogP contribution is -2.37. The van der Waals surface area contributed by atoms with Crippen molar-refractivity contribution in [2.75, 3.05) is 13.1 Å². The average Bonchev–Trinajstić information content (AvgIpc) is 3.81. The summed E-state index contributed by atoms with van der Waals surface area (Å²) in [6, 6.07) is 13.2. The van der Waals surface area contributed by atoms with Crippen molar-refractivity contribution in [3.05, 3.63) is 63.0 Å². The standard InChI is InChI=1S/C41H56N2O2S3/c1-11-12-13-14-15-16-17-27(4)25-43-37(41(8,9)10)35-34(38(43)44)36(42(39(35)45)24-26(2)3)32-21-20-29(47-32)28-18-19-30(46-28)31-22-23-33(48-31)40(5,6)7/h18-23,26-27H,11-17,24-25H2,1-10H3. The predicted octanol–water partition coefficient (Wildman–Crippen LogP) is 12.2. The molecule has 0 fully saturated rings. The van der Waals surface area contributed by atoms with Crippen LogP contribution in [0.1, 0.15) is 124 Å². The zero-order valence-electron chi connectivity index (χ0n) is 30.9. The number of rotatable bonds is 14. The van der Waals surface area contributed by atoms with Crippen molar-refractivity contribution < 1.29 is 9.59 Å². The van der Waals surface area contributed by atoms with Crippen LogP contribution in [-0.4, -0.2) is 34.7 Å². The van der Waals surface area contributed by atoms with Crippen molar-refractivity contribution in [2.45, 2.75) is 120 Å². The Bertz CT molecular complexity index is 1680. The number of carbonyl (C=O) groups excluding carboxylic acids is 2. The first kappa shape index (κ1) is 36.8. The third-order valence-electron chi connectivity index (χ3n) is 9.26. The van der Waals surface area contributed by atoms with Gasteiger partial charge in [-0.05, 0) is 60.1 Å². The lowest BCUT2D eigenvalue weighted by atomic mass is 9.88. The van der Waals surface area contributed by atoms with Crippen LogP contribution in [0.5, 0.6) is 0 Å². The first-order valence-electron chi connectivity index (χ1n) is 18.1. The number of hydrogen-bond donors (Lipinski definition) is 0. The maximum Gasteiger partial charge on any atom is 0.261 e.